The van der Waals surface area contributed by atoms with Gasteiger partial charge in [-0.1, -0.05) is 15.9 Å². The molecule has 0 amide bonds. The third kappa shape index (κ3) is 1.70. The maximum Gasteiger partial charge on any atom is 0.148 e. The van der Waals surface area contributed by atoms with Crippen molar-refractivity contribution in [1.82, 2.24) is 4.98 Å². The van der Waals surface area contributed by atoms with E-state index in [1.54, 1.807) is 12.3 Å². The van der Waals surface area contributed by atoms with Crippen LogP contribution in [0.25, 0.3) is 0 Å². The molecule has 0 fully saturated rings. The van der Waals surface area contributed by atoms with E-state index in [1.165, 1.54) is 0 Å². The lowest BCUT2D eigenvalue weighted by molar-refractivity contribution is 0.468. The fourth-order valence-electron chi connectivity index (χ4n) is 0.551. The predicted molar refractivity (Wildman–Crippen MR) is 46.2 cm³/mol. The van der Waals surface area contributed by atoms with Crippen molar-refractivity contribution in [3.8, 4) is 5.75 Å². The van der Waals surface area contributed by atoms with Crippen molar-refractivity contribution in [2.75, 3.05) is 0 Å². The van der Waals surface area contributed by atoms with E-state index in [1.807, 2.05) is 0 Å². The molecule has 1 heterocycles. The van der Waals surface area contributed by atoms with Crippen LogP contribution in [0.3, 0.4) is 0 Å². The van der Waals surface area contributed by atoms with Crippen LogP contribution in [-0.2, 0) is 5.33 Å². The molecule has 0 saturated carbocycles. The Kier molecular flexibility index (Phi) is 2.68. The lowest BCUT2D eigenvalue weighted by Crippen LogP contribution is -1.81. The summed E-state index contributed by atoms with van der Waals surface area (Å²) in [6, 6.07) is 1.66. The molecular formula is C6H5Br2NO. The van der Waals surface area contributed by atoms with Crippen LogP contribution < -0.4 is 0 Å². The number of hydrogen-bond acceptors (Lipinski definition) is 2. The summed E-state index contributed by atoms with van der Waals surface area (Å²) in [5.41, 5.74) is 0.959. The Bertz CT molecular complexity index is 239. The average Bonchev–Trinajstić information content (AvgIpc) is 1.95. The van der Waals surface area contributed by atoms with Gasteiger partial charge in [-0.2, -0.15) is 0 Å². The zero-order chi connectivity index (χ0) is 7.56. The molecule has 54 valence electrons. The molecule has 0 unspecified atom stereocenters. The summed E-state index contributed by atoms with van der Waals surface area (Å²) in [5.74, 6) is 0.178. The number of pyridine rings is 1. The summed E-state index contributed by atoms with van der Waals surface area (Å²) >= 11 is 6.33. The van der Waals surface area contributed by atoms with E-state index in [-0.39, 0.29) is 5.75 Å². The highest BCUT2D eigenvalue weighted by atomic mass is 79.9. The first-order valence-electron chi connectivity index (χ1n) is 2.63. The highest BCUT2D eigenvalue weighted by Gasteiger charge is 1.98. The third-order valence-corrected chi connectivity index (χ3v) is 2.29. The van der Waals surface area contributed by atoms with Crippen LogP contribution in [-0.4, -0.2) is 10.1 Å². The second-order valence-corrected chi connectivity index (χ2v) is 3.10. The molecule has 0 spiro atoms. The fraction of sp³-hybridized carbons (Fsp3) is 0.167. The van der Waals surface area contributed by atoms with Crippen molar-refractivity contribution >= 4 is 31.9 Å². The van der Waals surface area contributed by atoms with Crippen molar-refractivity contribution in [1.29, 1.82) is 0 Å². The Labute approximate surface area is 75.5 Å². The number of rotatable bonds is 1. The lowest BCUT2D eigenvalue weighted by Gasteiger charge is -1.96. The minimum absolute atomic E-state index is 0.178. The van der Waals surface area contributed by atoms with Gasteiger partial charge in [-0.15, -0.1) is 0 Å². The number of hydrogen-bond donors (Lipinski definition) is 1. The van der Waals surface area contributed by atoms with E-state index in [2.05, 4.69) is 36.8 Å². The number of nitrogens with zero attached hydrogens (tertiary/aromatic N) is 1. The van der Waals surface area contributed by atoms with Gasteiger partial charge in [0.2, 0.25) is 0 Å². The molecule has 1 N–H and O–H groups in total. The summed E-state index contributed by atoms with van der Waals surface area (Å²) in [5, 5.41) is 9.81. The van der Waals surface area contributed by atoms with Crippen LogP contribution >= 0.6 is 31.9 Å². The van der Waals surface area contributed by atoms with Crippen LogP contribution in [0.5, 0.6) is 5.75 Å². The summed E-state index contributed by atoms with van der Waals surface area (Å²) in [7, 11) is 0. The zero-order valence-corrected chi connectivity index (χ0v) is 8.18. The second-order valence-electron chi connectivity index (χ2n) is 1.79. The summed E-state index contributed by atoms with van der Waals surface area (Å²) in [6.45, 7) is 0. The fourth-order valence-corrected chi connectivity index (χ4v) is 1.07. The van der Waals surface area contributed by atoms with Crippen LogP contribution in [0.4, 0.5) is 0 Å². The van der Waals surface area contributed by atoms with Crippen LogP contribution in [0.15, 0.2) is 16.9 Å². The topological polar surface area (TPSA) is 33.1 Å². The Morgan fingerprint density at radius 2 is 2.30 bits per heavy atom. The molecule has 0 aromatic carbocycles. The van der Waals surface area contributed by atoms with E-state index >= 15 is 0 Å². The van der Waals surface area contributed by atoms with Crippen molar-refractivity contribution < 1.29 is 5.11 Å². The molecule has 0 atom stereocenters. The standard InChI is InChI=1S/C6H5Br2NO/c7-2-4-1-5(10)6(8)9-3-4/h1,3,10H,2H2. The molecule has 0 aliphatic rings. The normalized spacial score (nSPS) is 9.80. The Balaban J connectivity index is 3.04. The zero-order valence-electron chi connectivity index (χ0n) is 5.01. The van der Waals surface area contributed by atoms with Gasteiger partial charge in [-0.3, -0.25) is 0 Å². The average molecular weight is 267 g/mol. The predicted octanol–water partition coefficient (Wildman–Crippen LogP) is 2.44. The van der Waals surface area contributed by atoms with E-state index in [4.69, 9.17) is 5.11 Å². The molecule has 1 aromatic rings. The molecule has 0 saturated heterocycles. The third-order valence-electron chi connectivity index (χ3n) is 1.03. The van der Waals surface area contributed by atoms with E-state index in [9.17, 15) is 0 Å². The molecule has 2 nitrogen and oxygen atoms in total. The maximum absolute atomic E-state index is 9.10. The van der Waals surface area contributed by atoms with Crippen LogP contribution in [0.1, 0.15) is 5.56 Å². The summed E-state index contributed by atoms with van der Waals surface area (Å²) in [6.07, 6.45) is 1.69. The van der Waals surface area contributed by atoms with Gasteiger partial charge in [0.15, 0.2) is 0 Å². The summed E-state index contributed by atoms with van der Waals surface area (Å²) < 4.78 is 0.484. The van der Waals surface area contributed by atoms with Gasteiger partial charge in [0.05, 0.1) is 0 Å². The number of aromatic nitrogens is 1. The molecule has 0 bridgehead atoms. The summed E-state index contributed by atoms with van der Waals surface area (Å²) in [4.78, 5) is 3.89. The van der Waals surface area contributed by atoms with Gasteiger partial charge < -0.3 is 5.11 Å². The SMILES string of the molecule is Oc1cc(CBr)cnc1Br. The first-order valence-corrected chi connectivity index (χ1v) is 4.55. The van der Waals surface area contributed by atoms with Crippen molar-refractivity contribution in [2.45, 2.75) is 5.33 Å². The molecule has 0 aliphatic heterocycles. The molecule has 10 heavy (non-hydrogen) atoms. The van der Waals surface area contributed by atoms with Crippen LogP contribution in [0, 0.1) is 0 Å². The molecule has 4 heteroatoms. The Morgan fingerprint density at radius 1 is 1.60 bits per heavy atom. The molecule has 1 rings (SSSR count). The van der Waals surface area contributed by atoms with Crippen LogP contribution in [0.2, 0.25) is 0 Å². The largest absolute Gasteiger partial charge is 0.505 e. The highest BCUT2D eigenvalue weighted by Crippen LogP contribution is 2.21. The maximum atomic E-state index is 9.10. The van der Waals surface area contributed by atoms with Crippen molar-refractivity contribution in [2.24, 2.45) is 0 Å². The second kappa shape index (κ2) is 3.34. The van der Waals surface area contributed by atoms with Gasteiger partial charge in [-0.25, -0.2) is 4.98 Å². The highest BCUT2D eigenvalue weighted by molar-refractivity contribution is 9.10. The lowest BCUT2D eigenvalue weighted by atomic mass is 10.3. The van der Waals surface area contributed by atoms with Crippen molar-refractivity contribution in [3.05, 3.63) is 22.4 Å². The number of aromatic hydroxyl groups is 1. The van der Waals surface area contributed by atoms with E-state index in [0.717, 1.165) is 5.56 Å². The molecule has 1 aromatic heterocycles. The molecular weight excluding hydrogens is 262 g/mol. The Hall–Kier alpha value is -0.0900. The van der Waals surface area contributed by atoms with Gasteiger partial charge in [-0.05, 0) is 27.6 Å². The number of alkyl halides is 1. The van der Waals surface area contributed by atoms with E-state index < -0.39 is 0 Å². The quantitative estimate of drug-likeness (QED) is 0.626. The van der Waals surface area contributed by atoms with E-state index in [0.29, 0.717) is 9.93 Å². The first-order chi connectivity index (χ1) is 4.74. The smallest absolute Gasteiger partial charge is 0.148 e. The Morgan fingerprint density at radius 3 is 2.80 bits per heavy atom. The molecule has 0 radical (unpaired) electrons. The van der Waals surface area contributed by atoms with Crippen molar-refractivity contribution in [3.63, 3.8) is 0 Å². The van der Waals surface area contributed by atoms with Gasteiger partial charge in [0, 0.05) is 11.5 Å². The van der Waals surface area contributed by atoms with Gasteiger partial charge >= 0.3 is 0 Å². The monoisotopic (exact) mass is 265 g/mol. The minimum atomic E-state index is 0.178. The van der Waals surface area contributed by atoms with Gasteiger partial charge in [0.25, 0.3) is 0 Å². The van der Waals surface area contributed by atoms with Gasteiger partial charge in [0.1, 0.15) is 10.4 Å². The number of halogens is 2. The minimum Gasteiger partial charge on any atom is -0.505 e. The first kappa shape index (κ1) is 8.01. The molecule has 0 aliphatic carbocycles.